The second-order valence-corrected chi connectivity index (χ2v) is 6.55. The van der Waals surface area contributed by atoms with Gasteiger partial charge in [0.15, 0.2) is 0 Å². The highest BCUT2D eigenvalue weighted by molar-refractivity contribution is 5.31. The molecule has 23 heavy (non-hydrogen) atoms. The first kappa shape index (κ1) is 18.3. The van der Waals surface area contributed by atoms with Gasteiger partial charge < -0.3 is 14.4 Å². The van der Waals surface area contributed by atoms with Crippen LogP contribution in [0.3, 0.4) is 0 Å². The van der Waals surface area contributed by atoms with Gasteiger partial charge in [-0.25, -0.2) is 0 Å². The summed E-state index contributed by atoms with van der Waals surface area (Å²) in [5.41, 5.74) is 1.30. The summed E-state index contributed by atoms with van der Waals surface area (Å²) in [7, 11) is 1.76. The zero-order valence-electron chi connectivity index (χ0n) is 14.9. The lowest BCUT2D eigenvalue weighted by Gasteiger charge is -2.23. The maximum Gasteiger partial charge on any atom is 0.125 e. The molecule has 130 valence electrons. The number of unbranched alkanes of at least 4 members (excludes halogenated alkanes) is 1. The van der Waals surface area contributed by atoms with E-state index >= 15 is 0 Å². The lowest BCUT2D eigenvalue weighted by atomic mass is 10.0. The molecule has 1 heterocycles. The fourth-order valence-corrected chi connectivity index (χ4v) is 3.34. The van der Waals surface area contributed by atoms with Gasteiger partial charge in [0.2, 0.25) is 0 Å². The van der Waals surface area contributed by atoms with Crippen LogP contribution in [0.5, 0.6) is 0 Å². The van der Waals surface area contributed by atoms with E-state index in [9.17, 15) is 0 Å². The van der Waals surface area contributed by atoms with E-state index in [1.165, 1.54) is 57.3 Å². The molecule has 1 unspecified atom stereocenters. The average Bonchev–Trinajstić information content (AvgIpc) is 2.84. The number of rotatable bonds is 8. The Hall–Kier alpha value is -1.06. The highest BCUT2D eigenvalue weighted by atomic mass is 16.5. The summed E-state index contributed by atoms with van der Waals surface area (Å²) in [6.07, 6.45) is 17.3. The maximum atomic E-state index is 5.98. The van der Waals surface area contributed by atoms with Crippen LogP contribution >= 0.6 is 0 Å². The van der Waals surface area contributed by atoms with Crippen molar-refractivity contribution in [3.63, 3.8) is 0 Å². The second kappa shape index (κ2) is 10.7. The molecule has 0 amide bonds. The third-order valence-electron chi connectivity index (χ3n) is 4.70. The number of likely N-dealkylation sites (tertiary alicyclic amines) is 1. The van der Waals surface area contributed by atoms with Gasteiger partial charge in [-0.05, 0) is 63.9 Å². The quantitative estimate of drug-likeness (QED) is 0.616. The van der Waals surface area contributed by atoms with Crippen molar-refractivity contribution in [2.24, 2.45) is 0 Å². The third kappa shape index (κ3) is 6.52. The molecule has 0 aromatic rings. The normalized spacial score (nSPS) is 23.5. The van der Waals surface area contributed by atoms with Crippen LogP contribution in [0, 0.1) is 0 Å². The van der Waals surface area contributed by atoms with E-state index in [0.717, 1.165) is 25.2 Å². The molecule has 0 aromatic carbocycles. The smallest absolute Gasteiger partial charge is 0.125 e. The van der Waals surface area contributed by atoms with Crippen LogP contribution in [0.4, 0.5) is 0 Å². The van der Waals surface area contributed by atoms with Gasteiger partial charge in [-0.3, -0.25) is 0 Å². The van der Waals surface area contributed by atoms with Crippen molar-refractivity contribution in [2.75, 3.05) is 33.4 Å². The Morgan fingerprint density at radius 2 is 1.91 bits per heavy atom. The lowest BCUT2D eigenvalue weighted by molar-refractivity contribution is 0.0605. The molecule has 1 fully saturated rings. The predicted molar refractivity (Wildman–Crippen MR) is 96.5 cm³/mol. The first-order valence-corrected chi connectivity index (χ1v) is 9.25. The monoisotopic (exact) mass is 319 g/mol. The second-order valence-electron chi connectivity index (χ2n) is 6.55. The van der Waals surface area contributed by atoms with Crippen molar-refractivity contribution in [1.82, 2.24) is 4.90 Å². The van der Waals surface area contributed by atoms with Crippen molar-refractivity contribution < 1.29 is 9.47 Å². The minimum Gasteiger partial charge on any atom is -0.495 e. The van der Waals surface area contributed by atoms with Gasteiger partial charge in [-0.2, -0.15) is 0 Å². The SMILES string of the molecule is C/C=C/C1=CC=C(OCCCCN2CCCCCC2)C(OC)C1. The Kier molecular flexibility index (Phi) is 8.48. The third-order valence-corrected chi connectivity index (χ3v) is 4.70. The molecular formula is C20H33NO2. The Morgan fingerprint density at radius 3 is 2.61 bits per heavy atom. The molecule has 1 aliphatic carbocycles. The van der Waals surface area contributed by atoms with Crippen LogP contribution in [0.25, 0.3) is 0 Å². The summed E-state index contributed by atoms with van der Waals surface area (Å²) in [6, 6.07) is 0. The minimum absolute atomic E-state index is 0.0665. The molecule has 1 atom stereocenters. The molecule has 0 bridgehead atoms. The maximum absolute atomic E-state index is 5.98. The summed E-state index contributed by atoms with van der Waals surface area (Å²) in [5, 5.41) is 0. The van der Waals surface area contributed by atoms with Gasteiger partial charge in [-0.15, -0.1) is 0 Å². The van der Waals surface area contributed by atoms with Crippen LogP contribution < -0.4 is 0 Å². The van der Waals surface area contributed by atoms with E-state index in [1.807, 2.05) is 6.92 Å². The van der Waals surface area contributed by atoms with Crippen LogP contribution in [-0.2, 0) is 9.47 Å². The molecule has 3 nitrogen and oxygen atoms in total. The molecule has 0 aromatic heterocycles. The number of hydrogen-bond donors (Lipinski definition) is 0. The van der Waals surface area contributed by atoms with Gasteiger partial charge in [0, 0.05) is 13.5 Å². The molecule has 2 rings (SSSR count). The highest BCUT2D eigenvalue weighted by Crippen LogP contribution is 2.23. The Bertz CT molecular complexity index is 417. The van der Waals surface area contributed by atoms with Crippen LogP contribution in [0.2, 0.25) is 0 Å². The van der Waals surface area contributed by atoms with Gasteiger partial charge in [-0.1, -0.05) is 31.1 Å². The Morgan fingerprint density at radius 1 is 1.13 bits per heavy atom. The van der Waals surface area contributed by atoms with E-state index in [2.05, 4.69) is 29.2 Å². The lowest BCUT2D eigenvalue weighted by Crippen LogP contribution is -2.26. The number of methoxy groups -OCH3 is 1. The molecule has 0 N–H and O–H groups in total. The molecule has 2 aliphatic rings. The minimum atomic E-state index is 0.0665. The highest BCUT2D eigenvalue weighted by Gasteiger charge is 2.19. The summed E-state index contributed by atoms with van der Waals surface area (Å²) >= 11 is 0. The van der Waals surface area contributed by atoms with Gasteiger partial charge in [0.1, 0.15) is 11.9 Å². The summed E-state index contributed by atoms with van der Waals surface area (Å²) in [6.45, 7) is 6.64. The van der Waals surface area contributed by atoms with Gasteiger partial charge >= 0.3 is 0 Å². The standard InChI is InChI=1S/C20H33NO2/c1-3-10-18-11-12-19(20(17-18)22-2)23-16-9-8-15-21-13-6-4-5-7-14-21/h3,10-12,20H,4-9,13-17H2,1-2H3/b10-3+. The molecule has 0 radical (unpaired) electrons. The predicted octanol–water partition coefficient (Wildman–Crippen LogP) is 4.46. The summed E-state index contributed by atoms with van der Waals surface area (Å²) in [4.78, 5) is 2.62. The van der Waals surface area contributed by atoms with E-state index in [-0.39, 0.29) is 6.10 Å². The average molecular weight is 319 g/mol. The number of hydrogen-bond acceptors (Lipinski definition) is 3. The Balaban J connectivity index is 1.66. The zero-order chi connectivity index (χ0) is 16.3. The summed E-state index contributed by atoms with van der Waals surface area (Å²) in [5.74, 6) is 0.982. The zero-order valence-corrected chi connectivity index (χ0v) is 14.9. The summed E-state index contributed by atoms with van der Waals surface area (Å²) < 4.78 is 11.5. The van der Waals surface area contributed by atoms with Crippen molar-refractivity contribution in [2.45, 2.75) is 58.0 Å². The number of nitrogens with zero attached hydrogens (tertiary/aromatic N) is 1. The van der Waals surface area contributed by atoms with Crippen molar-refractivity contribution in [3.8, 4) is 0 Å². The topological polar surface area (TPSA) is 21.7 Å². The Labute approximate surface area is 142 Å². The fraction of sp³-hybridized carbons (Fsp3) is 0.700. The fourth-order valence-electron chi connectivity index (χ4n) is 3.34. The molecule has 1 saturated heterocycles. The molecule has 0 spiro atoms. The number of allylic oxidation sites excluding steroid dienone is 4. The van der Waals surface area contributed by atoms with E-state index in [1.54, 1.807) is 7.11 Å². The first-order valence-electron chi connectivity index (χ1n) is 9.25. The number of ether oxygens (including phenoxy) is 2. The molecule has 0 saturated carbocycles. The van der Waals surface area contributed by atoms with E-state index in [4.69, 9.17) is 9.47 Å². The van der Waals surface area contributed by atoms with E-state index in [0.29, 0.717) is 0 Å². The van der Waals surface area contributed by atoms with E-state index < -0.39 is 0 Å². The van der Waals surface area contributed by atoms with Crippen LogP contribution in [0.1, 0.15) is 51.9 Å². The molecule has 3 heteroatoms. The van der Waals surface area contributed by atoms with Crippen LogP contribution in [-0.4, -0.2) is 44.4 Å². The molecule has 1 aliphatic heterocycles. The van der Waals surface area contributed by atoms with Crippen molar-refractivity contribution in [3.05, 3.63) is 35.6 Å². The largest absolute Gasteiger partial charge is 0.495 e. The van der Waals surface area contributed by atoms with Crippen LogP contribution in [0.15, 0.2) is 35.6 Å². The van der Waals surface area contributed by atoms with Gasteiger partial charge in [0.25, 0.3) is 0 Å². The van der Waals surface area contributed by atoms with Gasteiger partial charge in [0.05, 0.1) is 6.61 Å². The first-order chi connectivity index (χ1) is 11.3. The van der Waals surface area contributed by atoms with Crippen molar-refractivity contribution >= 4 is 0 Å². The van der Waals surface area contributed by atoms with Crippen molar-refractivity contribution in [1.29, 1.82) is 0 Å². The molecular weight excluding hydrogens is 286 g/mol.